The van der Waals surface area contributed by atoms with Crippen molar-refractivity contribution in [2.24, 2.45) is 0 Å². The molecule has 1 N–H and O–H groups in total. The number of carbonyl (C=O) groups excluding carboxylic acids is 1. The first-order chi connectivity index (χ1) is 11.3. The lowest BCUT2D eigenvalue weighted by Crippen LogP contribution is -2.28. The Kier molecular flexibility index (Phi) is 3.97. The molecule has 0 saturated carbocycles. The third kappa shape index (κ3) is 2.95. The molecule has 1 amide bonds. The van der Waals surface area contributed by atoms with Crippen LogP contribution in [0.5, 0.6) is 0 Å². The molecule has 0 radical (unpaired) electrons. The molecule has 0 aliphatic rings. The van der Waals surface area contributed by atoms with Crippen LogP contribution in [0.2, 0.25) is 0 Å². The van der Waals surface area contributed by atoms with E-state index in [0.29, 0.717) is 16.9 Å². The highest BCUT2D eigenvalue weighted by Gasteiger charge is 2.15. The van der Waals surface area contributed by atoms with Crippen LogP contribution in [0.3, 0.4) is 0 Å². The fourth-order valence-corrected chi connectivity index (χ4v) is 2.78. The molecule has 0 unspecified atom stereocenters. The number of fused-ring (bicyclic) bond motifs is 1. The van der Waals surface area contributed by atoms with Crippen molar-refractivity contribution in [2.75, 3.05) is 5.32 Å². The van der Waals surface area contributed by atoms with Gasteiger partial charge in [0.2, 0.25) is 11.6 Å². The van der Waals surface area contributed by atoms with Gasteiger partial charge in [-0.25, -0.2) is 4.98 Å². The van der Waals surface area contributed by atoms with E-state index in [1.807, 2.05) is 39.0 Å². The second-order valence-electron chi connectivity index (χ2n) is 6.07. The predicted molar refractivity (Wildman–Crippen MR) is 92.3 cm³/mol. The van der Waals surface area contributed by atoms with Gasteiger partial charge >= 0.3 is 0 Å². The van der Waals surface area contributed by atoms with E-state index in [-0.39, 0.29) is 18.0 Å². The molecule has 3 rings (SSSR count). The molecular weight excluding hydrogens is 306 g/mol. The average molecular weight is 325 g/mol. The SMILES string of the molecule is Cc1cc(C)cc(NC(=O)Cn2cnc3oc(C)c(C)c3c2=O)c1. The quantitative estimate of drug-likeness (QED) is 0.803. The van der Waals surface area contributed by atoms with Gasteiger partial charge in [-0.2, -0.15) is 0 Å². The number of anilines is 1. The Bertz CT molecular complexity index is 978. The Morgan fingerprint density at radius 1 is 1.17 bits per heavy atom. The molecule has 0 aliphatic carbocycles. The molecule has 6 heteroatoms. The Morgan fingerprint density at radius 2 is 1.83 bits per heavy atom. The molecule has 0 fully saturated rings. The first-order valence-corrected chi connectivity index (χ1v) is 7.68. The zero-order chi connectivity index (χ0) is 17.4. The van der Waals surface area contributed by atoms with Gasteiger partial charge in [0.1, 0.15) is 24.0 Å². The summed E-state index contributed by atoms with van der Waals surface area (Å²) in [5.74, 6) is 0.383. The molecule has 0 bridgehead atoms. The first kappa shape index (κ1) is 16.0. The Hall–Kier alpha value is -2.89. The van der Waals surface area contributed by atoms with Crippen LogP contribution in [-0.4, -0.2) is 15.5 Å². The van der Waals surface area contributed by atoms with Gasteiger partial charge in [-0.3, -0.25) is 14.2 Å². The maximum Gasteiger partial charge on any atom is 0.265 e. The lowest BCUT2D eigenvalue weighted by molar-refractivity contribution is -0.116. The summed E-state index contributed by atoms with van der Waals surface area (Å²) < 4.78 is 6.73. The molecule has 0 atom stereocenters. The molecule has 0 aliphatic heterocycles. The highest BCUT2D eigenvalue weighted by molar-refractivity contribution is 5.91. The van der Waals surface area contributed by atoms with Gasteiger partial charge in [0.25, 0.3) is 5.56 Å². The maximum absolute atomic E-state index is 12.5. The van der Waals surface area contributed by atoms with Crippen LogP contribution in [0.1, 0.15) is 22.5 Å². The first-order valence-electron chi connectivity index (χ1n) is 7.68. The number of carbonyl (C=O) groups is 1. The number of nitrogens with zero attached hydrogens (tertiary/aromatic N) is 2. The molecule has 0 saturated heterocycles. The minimum Gasteiger partial charge on any atom is -0.443 e. The van der Waals surface area contributed by atoms with E-state index in [2.05, 4.69) is 10.3 Å². The monoisotopic (exact) mass is 325 g/mol. The van der Waals surface area contributed by atoms with E-state index in [9.17, 15) is 9.59 Å². The highest BCUT2D eigenvalue weighted by Crippen LogP contribution is 2.19. The second kappa shape index (κ2) is 5.96. The van der Waals surface area contributed by atoms with Gasteiger partial charge in [0.15, 0.2) is 0 Å². The van der Waals surface area contributed by atoms with Crippen molar-refractivity contribution in [3.8, 4) is 0 Å². The van der Waals surface area contributed by atoms with Gasteiger partial charge in [0, 0.05) is 11.3 Å². The third-order valence-electron chi connectivity index (χ3n) is 3.98. The number of benzene rings is 1. The molecule has 2 aromatic heterocycles. The maximum atomic E-state index is 12.5. The van der Waals surface area contributed by atoms with Crippen molar-refractivity contribution in [1.29, 1.82) is 0 Å². The lowest BCUT2D eigenvalue weighted by Gasteiger charge is -2.09. The van der Waals surface area contributed by atoms with Gasteiger partial charge in [-0.05, 0) is 51.0 Å². The minimum absolute atomic E-state index is 0.0988. The van der Waals surface area contributed by atoms with Crippen molar-refractivity contribution >= 4 is 22.7 Å². The molecule has 0 spiro atoms. The number of rotatable bonds is 3. The summed E-state index contributed by atoms with van der Waals surface area (Å²) in [5.41, 5.74) is 3.64. The lowest BCUT2D eigenvalue weighted by atomic mass is 10.1. The Balaban J connectivity index is 1.87. The summed E-state index contributed by atoms with van der Waals surface area (Å²) in [6.45, 7) is 7.43. The standard InChI is InChI=1S/C18H19N3O3/c1-10-5-11(2)7-14(6-10)20-15(22)8-21-9-19-17-16(18(21)23)12(3)13(4)24-17/h5-7,9H,8H2,1-4H3,(H,20,22). The Labute approximate surface area is 139 Å². The predicted octanol–water partition coefficient (Wildman–Crippen LogP) is 2.86. The molecule has 124 valence electrons. The van der Waals surface area contributed by atoms with Crippen LogP contribution in [0, 0.1) is 27.7 Å². The van der Waals surface area contributed by atoms with Crippen molar-refractivity contribution in [1.82, 2.24) is 9.55 Å². The number of aromatic nitrogens is 2. The normalized spacial score (nSPS) is 11.0. The number of nitrogens with one attached hydrogen (secondary N) is 1. The van der Waals surface area contributed by atoms with Crippen LogP contribution in [0.25, 0.3) is 11.1 Å². The van der Waals surface area contributed by atoms with Crippen molar-refractivity contribution in [3.05, 3.63) is 57.3 Å². The molecule has 1 aromatic carbocycles. The molecule has 3 aromatic rings. The summed E-state index contributed by atoms with van der Waals surface area (Å²) in [5, 5.41) is 3.24. The van der Waals surface area contributed by atoms with Gasteiger partial charge < -0.3 is 9.73 Å². The van der Waals surface area contributed by atoms with E-state index in [1.165, 1.54) is 10.9 Å². The van der Waals surface area contributed by atoms with Crippen LogP contribution < -0.4 is 10.9 Å². The second-order valence-corrected chi connectivity index (χ2v) is 6.07. The average Bonchev–Trinajstić information content (AvgIpc) is 2.76. The van der Waals surface area contributed by atoms with Crippen LogP contribution >= 0.6 is 0 Å². The fourth-order valence-electron chi connectivity index (χ4n) is 2.78. The van der Waals surface area contributed by atoms with Crippen LogP contribution in [0.15, 0.2) is 33.7 Å². The number of hydrogen-bond donors (Lipinski definition) is 1. The number of hydrogen-bond acceptors (Lipinski definition) is 4. The minimum atomic E-state index is -0.277. The summed E-state index contributed by atoms with van der Waals surface area (Å²) in [6, 6.07) is 5.80. The number of aryl methyl sites for hydroxylation is 4. The van der Waals surface area contributed by atoms with Gasteiger partial charge in [0.05, 0.1) is 0 Å². The molecule has 24 heavy (non-hydrogen) atoms. The zero-order valence-corrected chi connectivity index (χ0v) is 14.1. The summed E-state index contributed by atoms with van der Waals surface area (Å²) in [7, 11) is 0. The zero-order valence-electron chi connectivity index (χ0n) is 14.1. The third-order valence-corrected chi connectivity index (χ3v) is 3.98. The number of amides is 1. The molecular formula is C18H19N3O3. The molecule has 6 nitrogen and oxygen atoms in total. The Morgan fingerprint density at radius 3 is 2.50 bits per heavy atom. The van der Waals surface area contributed by atoms with E-state index >= 15 is 0 Å². The smallest absolute Gasteiger partial charge is 0.265 e. The van der Waals surface area contributed by atoms with Crippen molar-refractivity contribution < 1.29 is 9.21 Å². The van der Waals surface area contributed by atoms with Gasteiger partial charge in [-0.15, -0.1) is 0 Å². The van der Waals surface area contributed by atoms with E-state index in [4.69, 9.17) is 4.42 Å². The summed E-state index contributed by atoms with van der Waals surface area (Å²) in [4.78, 5) is 28.9. The topological polar surface area (TPSA) is 77.1 Å². The summed E-state index contributed by atoms with van der Waals surface area (Å²) in [6.07, 6.45) is 1.34. The van der Waals surface area contributed by atoms with Crippen LogP contribution in [0.4, 0.5) is 5.69 Å². The van der Waals surface area contributed by atoms with Gasteiger partial charge in [-0.1, -0.05) is 6.07 Å². The van der Waals surface area contributed by atoms with E-state index < -0.39 is 0 Å². The van der Waals surface area contributed by atoms with E-state index in [1.54, 1.807) is 6.92 Å². The largest absolute Gasteiger partial charge is 0.443 e. The van der Waals surface area contributed by atoms with Crippen LogP contribution in [-0.2, 0) is 11.3 Å². The van der Waals surface area contributed by atoms with Crippen molar-refractivity contribution in [2.45, 2.75) is 34.2 Å². The van der Waals surface area contributed by atoms with Crippen molar-refractivity contribution in [3.63, 3.8) is 0 Å². The summed E-state index contributed by atoms with van der Waals surface area (Å²) >= 11 is 0. The van der Waals surface area contributed by atoms with E-state index in [0.717, 1.165) is 22.4 Å². The highest BCUT2D eigenvalue weighted by atomic mass is 16.3. The molecule has 2 heterocycles. The number of furan rings is 1. The fraction of sp³-hybridized carbons (Fsp3) is 0.278.